The number of rotatable bonds is 9. The van der Waals surface area contributed by atoms with E-state index in [0.717, 1.165) is 17.9 Å². The second-order valence-corrected chi connectivity index (χ2v) is 6.04. The lowest BCUT2D eigenvalue weighted by atomic mass is 10.1. The minimum absolute atomic E-state index is 0. The van der Waals surface area contributed by atoms with Crippen molar-refractivity contribution in [3.63, 3.8) is 0 Å². The number of aliphatic imine (C=N–C) groups is 1. The SMILES string of the molecule is CCNC(=NCCc1ccc(OC)cc1Cl)NCCNC(=O)c1ccco1.I. The fourth-order valence-corrected chi connectivity index (χ4v) is 2.60. The first-order chi connectivity index (χ1) is 13.1. The summed E-state index contributed by atoms with van der Waals surface area (Å²) in [6.07, 6.45) is 2.19. The molecule has 0 unspecified atom stereocenters. The van der Waals surface area contributed by atoms with Gasteiger partial charge in [-0.05, 0) is 43.2 Å². The minimum Gasteiger partial charge on any atom is -0.497 e. The zero-order valence-electron chi connectivity index (χ0n) is 16.0. The van der Waals surface area contributed by atoms with Crippen LogP contribution in [-0.4, -0.2) is 45.2 Å². The monoisotopic (exact) mass is 520 g/mol. The number of benzene rings is 1. The number of nitrogens with zero attached hydrogens (tertiary/aromatic N) is 1. The van der Waals surface area contributed by atoms with E-state index in [9.17, 15) is 4.79 Å². The van der Waals surface area contributed by atoms with E-state index >= 15 is 0 Å². The van der Waals surface area contributed by atoms with E-state index in [0.29, 0.717) is 42.8 Å². The molecule has 0 bridgehead atoms. The van der Waals surface area contributed by atoms with Gasteiger partial charge in [-0.3, -0.25) is 9.79 Å². The Balaban J connectivity index is 0.00000392. The molecule has 0 spiro atoms. The van der Waals surface area contributed by atoms with E-state index in [4.69, 9.17) is 20.8 Å². The van der Waals surface area contributed by atoms with Gasteiger partial charge in [0.05, 0.1) is 13.4 Å². The predicted molar refractivity (Wildman–Crippen MR) is 122 cm³/mol. The van der Waals surface area contributed by atoms with Crippen LogP contribution in [0.4, 0.5) is 0 Å². The molecule has 0 aliphatic heterocycles. The highest BCUT2D eigenvalue weighted by Crippen LogP contribution is 2.22. The minimum atomic E-state index is -0.238. The molecule has 1 heterocycles. The van der Waals surface area contributed by atoms with Crippen molar-refractivity contribution >= 4 is 47.4 Å². The summed E-state index contributed by atoms with van der Waals surface area (Å²) >= 11 is 6.25. The van der Waals surface area contributed by atoms with Crippen LogP contribution in [0.2, 0.25) is 5.02 Å². The second kappa shape index (κ2) is 13.3. The molecule has 2 aromatic rings. The number of carbonyl (C=O) groups excluding carboxylic acids is 1. The third kappa shape index (κ3) is 7.97. The van der Waals surface area contributed by atoms with E-state index in [1.54, 1.807) is 25.3 Å². The molecule has 9 heteroatoms. The summed E-state index contributed by atoms with van der Waals surface area (Å²) in [5, 5.41) is 9.80. The molecule has 0 saturated heterocycles. The van der Waals surface area contributed by atoms with E-state index in [1.165, 1.54) is 6.26 Å². The summed E-state index contributed by atoms with van der Waals surface area (Å²) in [4.78, 5) is 16.3. The molecule has 28 heavy (non-hydrogen) atoms. The van der Waals surface area contributed by atoms with Gasteiger partial charge in [0.2, 0.25) is 0 Å². The Bertz CT molecular complexity index is 754. The summed E-state index contributed by atoms with van der Waals surface area (Å²) in [6, 6.07) is 8.93. The van der Waals surface area contributed by atoms with Gasteiger partial charge in [-0.2, -0.15) is 0 Å². The number of carbonyl (C=O) groups is 1. The molecule has 0 saturated carbocycles. The molecule has 154 valence electrons. The largest absolute Gasteiger partial charge is 0.497 e. The normalized spacial score (nSPS) is 10.8. The third-order valence-corrected chi connectivity index (χ3v) is 4.06. The first-order valence-electron chi connectivity index (χ1n) is 8.80. The third-order valence-electron chi connectivity index (χ3n) is 3.70. The lowest BCUT2D eigenvalue weighted by Gasteiger charge is -2.12. The average molecular weight is 521 g/mol. The summed E-state index contributed by atoms with van der Waals surface area (Å²) in [5.74, 6) is 1.48. The highest BCUT2D eigenvalue weighted by atomic mass is 127. The van der Waals surface area contributed by atoms with Gasteiger partial charge in [0.15, 0.2) is 11.7 Å². The Hall–Kier alpha value is -1.94. The van der Waals surface area contributed by atoms with Crippen molar-refractivity contribution in [1.82, 2.24) is 16.0 Å². The van der Waals surface area contributed by atoms with Crippen molar-refractivity contribution in [3.8, 4) is 5.75 Å². The number of halogens is 2. The summed E-state index contributed by atoms with van der Waals surface area (Å²) in [6.45, 7) is 4.32. The fourth-order valence-electron chi connectivity index (χ4n) is 2.34. The fraction of sp³-hybridized carbons (Fsp3) is 0.368. The van der Waals surface area contributed by atoms with E-state index < -0.39 is 0 Å². The molecule has 0 radical (unpaired) electrons. The van der Waals surface area contributed by atoms with E-state index in [1.807, 2.05) is 19.1 Å². The zero-order chi connectivity index (χ0) is 19.5. The maximum absolute atomic E-state index is 11.8. The number of hydrogen-bond acceptors (Lipinski definition) is 4. The van der Waals surface area contributed by atoms with Gasteiger partial charge in [-0.25, -0.2) is 0 Å². The van der Waals surface area contributed by atoms with Crippen LogP contribution in [0.25, 0.3) is 0 Å². The first-order valence-corrected chi connectivity index (χ1v) is 9.18. The molecule has 0 atom stereocenters. The highest BCUT2D eigenvalue weighted by Gasteiger charge is 2.07. The van der Waals surface area contributed by atoms with Gasteiger partial charge >= 0.3 is 0 Å². The second-order valence-electron chi connectivity index (χ2n) is 5.63. The van der Waals surface area contributed by atoms with Gasteiger partial charge in [0.1, 0.15) is 5.75 Å². The Morgan fingerprint density at radius 2 is 2.00 bits per heavy atom. The van der Waals surface area contributed by atoms with Crippen LogP contribution >= 0.6 is 35.6 Å². The summed E-state index contributed by atoms with van der Waals surface area (Å²) in [5.41, 5.74) is 1.02. The maximum atomic E-state index is 11.8. The molecule has 1 aromatic carbocycles. The number of methoxy groups -OCH3 is 1. The van der Waals surface area contributed by atoms with Crippen molar-refractivity contribution < 1.29 is 13.9 Å². The van der Waals surface area contributed by atoms with E-state index in [-0.39, 0.29) is 29.9 Å². The van der Waals surface area contributed by atoms with Gasteiger partial charge in [-0.15, -0.1) is 24.0 Å². The number of nitrogens with one attached hydrogen (secondary N) is 3. The van der Waals surface area contributed by atoms with Gasteiger partial charge in [-0.1, -0.05) is 17.7 Å². The van der Waals surface area contributed by atoms with Gasteiger partial charge < -0.3 is 25.1 Å². The summed E-state index contributed by atoms with van der Waals surface area (Å²) in [7, 11) is 1.61. The molecule has 1 amide bonds. The molecule has 0 aliphatic carbocycles. The molecule has 1 aromatic heterocycles. The quantitative estimate of drug-likeness (QED) is 0.205. The number of ether oxygens (including phenoxy) is 1. The molecule has 3 N–H and O–H groups in total. The molecule has 7 nitrogen and oxygen atoms in total. The maximum Gasteiger partial charge on any atom is 0.287 e. The van der Waals surface area contributed by atoms with Crippen LogP contribution in [0.15, 0.2) is 46.0 Å². The standard InChI is InChI=1S/C19H25ClN4O3.HI/c1-3-21-19(24-11-10-22-18(25)17-5-4-12-27-17)23-9-8-14-6-7-15(26-2)13-16(14)20;/h4-7,12-13H,3,8-11H2,1-2H3,(H,22,25)(H2,21,23,24);1H. The van der Waals surface area contributed by atoms with Crippen LogP contribution in [0.1, 0.15) is 23.0 Å². The van der Waals surface area contributed by atoms with Gasteiger partial charge in [0.25, 0.3) is 5.91 Å². The first kappa shape index (κ1) is 24.1. The van der Waals surface area contributed by atoms with Crippen molar-refractivity contribution in [2.24, 2.45) is 4.99 Å². The number of guanidine groups is 1. The smallest absolute Gasteiger partial charge is 0.287 e. The van der Waals surface area contributed by atoms with Crippen LogP contribution in [0.3, 0.4) is 0 Å². The van der Waals surface area contributed by atoms with Crippen molar-refractivity contribution in [1.29, 1.82) is 0 Å². The summed E-state index contributed by atoms with van der Waals surface area (Å²) < 4.78 is 10.2. The lowest BCUT2D eigenvalue weighted by Crippen LogP contribution is -2.41. The lowest BCUT2D eigenvalue weighted by molar-refractivity contribution is 0.0926. The van der Waals surface area contributed by atoms with Crippen molar-refractivity contribution in [2.45, 2.75) is 13.3 Å². The average Bonchev–Trinajstić information content (AvgIpc) is 3.21. The zero-order valence-corrected chi connectivity index (χ0v) is 19.0. The van der Waals surface area contributed by atoms with Crippen LogP contribution in [0, 0.1) is 0 Å². The Labute approximate surface area is 187 Å². The molecule has 0 fully saturated rings. The Kier molecular flexibility index (Phi) is 11.4. The number of furan rings is 1. The highest BCUT2D eigenvalue weighted by molar-refractivity contribution is 14.0. The van der Waals surface area contributed by atoms with Crippen molar-refractivity contribution in [2.75, 3.05) is 33.3 Å². The number of amides is 1. The topological polar surface area (TPSA) is 87.9 Å². The molecule has 0 aliphatic rings. The Morgan fingerprint density at radius 1 is 1.21 bits per heavy atom. The molecular formula is C19H26ClIN4O3. The molecule has 2 rings (SSSR count). The predicted octanol–water partition coefficient (Wildman–Crippen LogP) is 3.09. The van der Waals surface area contributed by atoms with E-state index in [2.05, 4.69) is 20.9 Å². The molecular weight excluding hydrogens is 495 g/mol. The van der Waals surface area contributed by atoms with Crippen LogP contribution in [-0.2, 0) is 6.42 Å². The van der Waals surface area contributed by atoms with Gasteiger partial charge in [0, 0.05) is 31.2 Å². The Morgan fingerprint density at radius 3 is 2.64 bits per heavy atom. The van der Waals surface area contributed by atoms with Crippen LogP contribution in [0.5, 0.6) is 5.75 Å². The van der Waals surface area contributed by atoms with Crippen LogP contribution < -0.4 is 20.7 Å². The van der Waals surface area contributed by atoms with Crippen molar-refractivity contribution in [3.05, 3.63) is 52.9 Å². The number of hydrogen-bond donors (Lipinski definition) is 3.